The molecule has 0 saturated heterocycles. The van der Waals surface area contributed by atoms with Gasteiger partial charge in [0.1, 0.15) is 0 Å². The third kappa shape index (κ3) is 3.50. The van der Waals surface area contributed by atoms with E-state index in [9.17, 15) is 0 Å². The van der Waals surface area contributed by atoms with Gasteiger partial charge in [0.2, 0.25) is 5.89 Å². The van der Waals surface area contributed by atoms with Crippen molar-refractivity contribution in [2.24, 2.45) is 0 Å². The van der Waals surface area contributed by atoms with Crippen molar-refractivity contribution in [3.8, 4) is 0 Å². The zero-order valence-electron chi connectivity index (χ0n) is 12.6. The molecule has 1 atom stereocenters. The first-order valence-electron chi connectivity index (χ1n) is 7.91. The van der Waals surface area contributed by atoms with Gasteiger partial charge in [0.15, 0.2) is 5.82 Å². The van der Waals surface area contributed by atoms with E-state index in [1.165, 1.54) is 37.7 Å². The minimum Gasteiger partial charge on any atom is -0.339 e. The molecule has 1 fully saturated rings. The Balaban J connectivity index is 1.68. The molecule has 1 N–H and O–H groups in total. The van der Waals surface area contributed by atoms with Gasteiger partial charge in [0.05, 0.1) is 0 Å². The summed E-state index contributed by atoms with van der Waals surface area (Å²) < 4.78 is 5.47. The number of aromatic nitrogens is 2. The Labute approximate surface area is 126 Å². The second kappa shape index (κ2) is 6.85. The normalized spacial score (nSPS) is 17.8. The van der Waals surface area contributed by atoms with Crippen molar-refractivity contribution in [3.63, 3.8) is 0 Å². The van der Waals surface area contributed by atoms with Crippen LogP contribution in [0.4, 0.5) is 0 Å². The highest BCUT2D eigenvalue weighted by Crippen LogP contribution is 2.31. The van der Waals surface area contributed by atoms with Gasteiger partial charge in [-0.2, -0.15) is 4.98 Å². The number of rotatable bonds is 5. The van der Waals surface area contributed by atoms with Gasteiger partial charge in [-0.05, 0) is 25.5 Å². The van der Waals surface area contributed by atoms with E-state index in [1.807, 2.05) is 13.1 Å². The molecule has 1 saturated carbocycles. The molecule has 21 heavy (non-hydrogen) atoms. The summed E-state index contributed by atoms with van der Waals surface area (Å²) in [6.45, 7) is 0. The predicted molar refractivity (Wildman–Crippen MR) is 82.1 cm³/mol. The highest BCUT2D eigenvalue weighted by Gasteiger charge is 2.22. The minimum absolute atomic E-state index is 0.214. The molecule has 1 unspecified atom stereocenters. The van der Waals surface area contributed by atoms with Crippen molar-refractivity contribution in [3.05, 3.63) is 47.6 Å². The molecule has 1 heterocycles. The molecule has 0 spiro atoms. The molecule has 2 aromatic rings. The van der Waals surface area contributed by atoms with Crippen LogP contribution in [-0.4, -0.2) is 17.2 Å². The molecule has 112 valence electrons. The van der Waals surface area contributed by atoms with Crippen LogP contribution in [0.25, 0.3) is 0 Å². The quantitative estimate of drug-likeness (QED) is 0.911. The monoisotopic (exact) mass is 285 g/mol. The van der Waals surface area contributed by atoms with Crippen molar-refractivity contribution < 1.29 is 4.52 Å². The van der Waals surface area contributed by atoms with Gasteiger partial charge in [-0.15, -0.1) is 0 Å². The lowest BCUT2D eigenvalue weighted by molar-refractivity contribution is 0.347. The molecule has 0 amide bonds. The smallest absolute Gasteiger partial charge is 0.228 e. The zero-order valence-corrected chi connectivity index (χ0v) is 12.6. The first kappa shape index (κ1) is 14.3. The summed E-state index contributed by atoms with van der Waals surface area (Å²) in [7, 11) is 1.97. The maximum atomic E-state index is 5.47. The molecule has 0 bridgehead atoms. The molecular weight excluding hydrogens is 262 g/mol. The Hall–Kier alpha value is -1.68. The third-order valence-electron chi connectivity index (χ3n) is 4.38. The molecule has 1 aliphatic rings. The maximum absolute atomic E-state index is 5.47. The lowest BCUT2D eigenvalue weighted by atomic mass is 9.89. The topological polar surface area (TPSA) is 51.0 Å². The van der Waals surface area contributed by atoms with Crippen LogP contribution in [0.15, 0.2) is 34.9 Å². The fourth-order valence-electron chi connectivity index (χ4n) is 3.12. The molecule has 4 nitrogen and oxygen atoms in total. The summed E-state index contributed by atoms with van der Waals surface area (Å²) in [6.07, 6.45) is 7.06. The van der Waals surface area contributed by atoms with Crippen LogP contribution in [0, 0.1) is 0 Å². The molecule has 1 aromatic heterocycles. The lowest BCUT2D eigenvalue weighted by Gasteiger charge is -2.17. The Kier molecular flexibility index (Phi) is 4.65. The van der Waals surface area contributed by atoms with E-state index in [0.29, 0.717) is 5.92 Å². The Morgan fingerprint density at radius 1 is 1.19 bits per heavy atom. The van der Waals surface area contributed by atoms with Crippen molar-refractivity contribution >= 4 is 0 Å². The molecule has 4 heteroatoms. The first-order chi connectivity index (χ1) is 10.4. The third-order valence-corrected chi connectivity index (χ3v) is 4.38. The van der Waals surface area contributed by atoms with Gasteiger partial charge >= 0.3 is 0 Å². The van der Waals surface area contributed by atoms with Gasteiger partial charge < -0.3 is 9.84 Å². The number of likely N-dealkylation sites (N-methyl/N-ethyl adjacent to an activating group) is 1. The minimum atomic E-state index is 0.214. The van der Waals surface area contributed by atoms with E-state index >= 15 is 0 Å². The maximum Gasteiger partial charge on any atom is 0.228 e. The van der Waals surface area contributed by atoms with E-state index < -0.39 is 0 Å². The van der Waals surface area contributed by atoms with Crippen LogP contribution < -0.4 is 5.32 Å². The molecular formula is C17H23N3O. The second-order valence-corrected chi connectivity index (χ2v) is 5.84. The summed E-state index contributed by atoms with van der Waals surface area (Å²) in [5.41, 5.74) is 1.25. The highest BCUT2D eigenvalue weighted by atomic mass is 16.5. The average Bonchev–Trinajstić information content (AvgIpc) is 3.03. The molecule has 1 aliphatic carbocycles. The van der Waals surface area contributed by atoms with Crippen molar-refractivity contribution in [2.45, 2.75) is 50.5 Å². The SMILES string of the molecule is CNC(Cc1nc(C2CCCCC2)no1)c1ccccc1. The van der Waals surface area contributed by atoms with Gasteiger partial charge in [-0.3, -0.25) is 0 Å². The van der Waals surface area contributed by atoms with Crippen molar-refractivity contribution in [1.29, 1.82) is 0 Å². The van der Waals surface area contributed by atoms with Crippen LogP contribution in [0.2, 0.25) is 0 Å². The van der Waals surface area contributed by atoms with Crippen LogP contribution in [0.5, 0.6) is 0 Å². The zero-order chi connectivity index (χ0) is 14.5. The van der Waals surface area contributed by atoms with Gasteiger partial charge in [-0.1, -0.05) is 54.8 Å². The van der Waals surface area contributed by atoms with E-state index in [4.69, 9.17) is 4.52 Å². The summed E-state index contributed by atoms with van der Waals surface area (Å²) in [5, 5.41) is 7.53. The molecule has 1 aromatic carbocycles. The Morgan fingerprint density at radius 2 is 1.95 bits per heavy atom. The van der Waals surface area contributed by atoms with Crippen LogP contribution in [-0.2, 0) is 6.42 Å². The average molecular weight is 285 g/mol. The number of hydrogen-bond acceptors (Lipinski definition) is 4. The number of nitrogens with one attached hydrogen (secondary N) is 1. The number of nitrogens with zero attached hydrogens (tertiary/aromatic N) is 2. The van der Waals surface area contributed by atoms with Crippen LogP contribution in [0.3, 0.4) is 0 Å². The van der Waals surface area contributed by atoms with Gasteiger partial charge in [-0.25, -0.2) is 0 Å². The lowest BCUT2D eigenvalue weighted by Crippen LogP contribution is -2.19. The Bertz CT molecular complexity index is 546. The number of hydrogen-bond donors (Lipinski definition) is 1. The van der Waals surface area contributed by atoms with E-state index in [1.54, 1.807) is 0 Å². The largest absolute Gasteiger partial charge is 0.339 e. The first-order valence-corrected chi connectivity index (χ1v) is 7.91. The summed E-state index contributed by atoms with van der Waals surface area (Å²) in [4.78, 5) is 4.63. The van der Waals surface area contributed by atoms with Gasteiger partial charge in [0.25, 0.3) is 0 Å². The number of benzene rings is 1. The fraction of sp³-hybridized carbons (Fsp3) is 0.529. The standard InChI is InChI=1S/C17H23N3O/c1-18-15(13-8-4-2-5-9-13)12-16-19-17(20-21-16)14-10-6-3-7-11-14/h2,4-5,8-9,14-15,18H,3,6-7,10-12H2,1H3. The van der Waals surface area contributed by atoms with Crippen LogP contribution >= 0.6 is 0 Å². The fourth-order valence-corrected chi connectivity index (χ4v) is 3.12. The van der Waals surface area contributed by atoms with Crippen molar-refractivity contribution in [2.75, 3.05) is 7.05 Å². The van der Waals surface area contributed by atoms with Crippen LogP contribution in [0.1, 0.15) is 61.3 Å². The predicted octanol–water partition coefficient (Wildman–Crippen LogP) is 3.62. The second-order valence-electron chi connectivity index (χ2n) is 5.84. The van der Waals surface area contributed by atoms with E-state index in [-0.39, 0.29) is 6.04 Å². The Morgan fingerprint density at radius 3 is 2.67 bits per heavy atom. The van der Waals surface area contributed by atoms with E-state index in [0.717, 1.165) is 18.1 Å². The molecule has 3 rings (SSSR count). The summed E-state index contributed by atoms with van der Waals surface area (Å²) in [5.74, 6) is 2.15. The molecule has 0 aliphatic heterocycles. The summed E-state index contributed by atoms with van der Waals surface area (Å²) in [6, 6.07) is 10.6. The summed E-state index contributed by atoms with van der Waals surface area (Å²) >= 11 is 0. The van der Waals surface area contributed by atoms with Gasteiger partial charge in [0, 0.05) is 18.4 Å². The van der Waals surface area contributed by atoms with Crippen molar-refractivity contribution in [1.82, 2.24) is 15.5 Å². The molecule has 0 radical (unpaired) electrons. The highest BCUT2D eigenvalue weighted by molar-refractivity contribution is 5.19. The van der Waals surface area contributed by atoms with E-state index in [2.05, 4.69) is 39.7 Å².